The van der Waals surface area contributed by atoms with Crippen LogP contribution in [-0.2, 0) is 0 Å². The molecule has 2 aromatic rings. The first-order valence-electron chi connectivity index (χ1n) is 5.88. The quantitative estimate of drug-likeness (QED) is 0.625. The minimum atomic E-state index is 0.589. The summed E-state index contributed by atoms with van der Waals surface area (Å²) in [5, 5.41) is 3.30. The zero-order valence-corrected chi connectivity index (χ0v) is 10.4. The van der Waals surface area contributed by atoms with E-state index in [0.717, 1.165) is 23.5 Å². The largest absolute Gasteiger partial charge is 0.492 e. The van der Waals surface area contributed by atoms with Gasteiger partial charge in [-0.1, -0.05) is 6.07 Å². The Hall–Kier alpha value is -2.23. The maximum atomic E-state index is 5.67. The van der Waals surface area contributed by atoms with Crippen molar-refractivity contribution in [1.29, 1.82) is 0 Å². The van der Waals surface area contributed by atoms with E-state index < -0.39 is 0 Å². The van der Waals surface area contributed by atoms with Crippen molar-refractivity contribution in [3.63, 3.8) is 0 Å². The second-order valence-electron chi connectivity index (χ2n) is 4.04. The van der Waals surface area contributed by atoms with Crippen LogP contribution in [0.2, 0.25) is 0 Å². The lowest BCUT2D eigenvalue weighted by molar-refractivity contribution is 0.333. The zero-order chi connectivity index (χ0) is 12.8. The number of ether oxygens (including phenoxy) is 1. The van der Waals surface area contributed by atoms with Crippen molar-refractivity contribution in [2.45, 2.75) is 6.92 Å². The summed E-state index contributed by atoms with van der Waals surface area (Å²) >= 11 is 0. The standard InChI is InChI=1S/C14H17N3O/c1-11-10-16-6-5-14(11)17-7-8-18-13-4-2-3-12(15)9-13/h2-6,9-10H,7-8,15H2,1H3,(H,16,17). The maximum Gasteiger partial charge on any atom is 0.121 e. The fourth-order valence-electron chi connectivity index (χ4n) is 1.63. The van der Waals surface area contributed by atoms with Crippen molar-refractivity contribution >= 4 is 11.4 Å². The molecule has 4 nitrogen and oxygen atoms in total. The fourth-order valence-corrected chi connectivity index (χ4v) is 1.63. The van der Waals surface area contributed by atoms with E-state index in [2.05, 4.69) is 10.3 Å². The van der Waals surface area contributed by atoms with Gasteiger partial charge < -0.3 is 15.8 Å². The fraction of sp³-hybridized carbons (Fsp3) is 0.214. The van der Waals surface area contributed by atoms with Gasteiger partial charge in [0.1, 0.15) is 12.4 Å². The van der Waals surface area contributed by atoms with E-state index >= 15 is 0 Å². The minimum absolute atomic E-state index is 0.589. The molecule has 4 heteroatoms. The van der Waals surface area contributed by atoms with Crippen LogP contribution in [0.15, 0.2) is 42.7 Å². The molecule has 0 atom stereocenters. The topological polar surface area (TPSA) is 60.2 Å². The molecule has 18 heavy (non-hydrogen) atoms. The number of benzene rings is 1. The smallest absolute Gasteiger partial charge is 0.121 e. The zero-order valence-electron chi connectivity index (χ0n) is 10.4. The Morgan fingerprint density at radius 2 is 2.22 bits per heavy atom. The van der Waals surface area contributed by atoms with Gasteiger partial charge in [0.2, 0.25) is 0 Å². The van der Waals surface area contributed by atoms with Crippen LogP contribution in [0.4, 0.5) is 11.4 Å². The van der Waals surface area contributed by atoms with Crippen LogP contribution in [0.25, 0.3) is 0 Å². The highest BCUT2D eigenvalue weighted by atomic mass is 16.5. The summed E-state index contributed by atoms with van der Waals surface area (Å²) in [5.74, 6) is 0.795. The lowest BCUT2D eigenvalue weighted by Gasteiger charge is -2.10. The predicted octanol–water partition coefficient (Wildman–Crippen LogP) is 2.46. The lowest BCUT2D eigenvalue weighted by Crippen LogP contribution is -2.12. The van der Waals surface area contributed by atoms with Crippen molar-refractivity contribution in [2.75, 3.05) is 24.2 Å². The molecular formula is C14H17N3O. The molecule has 94 valence electrons. The molecule has 0 fully saturated rings. The van der Waals surface area contributed by atoms with Gasteiger partial charge in [-0.25, -0.2) is 0 Å². The van der Waals surface area contributed by atoms with E-state index in [1.165, 1.54) is 0 Å². The van der Waals surface area contributed by atoms with E-state index in [4.69, 9.17) is 10.5 Å². The number of aromatic nitrogens is 1. The second kappa shape index (κ2) is 5.91. The van der Waals surface area contributed by atoms with Crippen LogP contribution >= 0.6 is 0 Å². The highest BCUT2D eigenvalue weighted by Gasteiger charge is 1.97. The van der Waals surface area contributed by atoms with Crippen molar-refractivity contribution in [3.8, 4) is 5.75 Å². The third-order valence-electron chi connectivity index (χ3n) is 2.56. The van der Waals surface area contributed by atoms with Crippen molar-refractivity contribution in [3.05, 3.63) is 48.3 Å². The van der Waals surface area contributed by atoms with Gasteiger partial charge in [-0.05, 0) is 30.7 Å². The molecule has 0 bridgehead atoms. The summed E-state index contributed by atoms with van der Waals surface area (Å²) in [5.41, 5.74) is 8.60. The first-order chi connectivity index (χ1) is 8.75. The molecule has 0 aliphatic carbocycles. The van der Waals surface area contributed by atoms with Crippen LogP contribution in [-0.4, -0.2) is 18.1 Å². The Morgan fingerprint density at radius 3 is 3.00 bits per heavy atom. The normalized spacial score (nSPS) is 10.1. The maximum absolute atomic E-state index is 5.67. The first kappa shape index (κ1) is 12.2. The predicted molar refractivity (Wildman–Crippen MR) is 73.8 cm³/mol. The molecule has 1 heterocycles. The minimum Gasteiger partial charge on any atom is -0.492 e. The average Bonchev–Trinajstić information content (AvgIpc) is 2.37. The molecule has 3 N–H and O–H groups in total. The van der Waals surface area contributed by atoms with E-state index in [1.807, 2.05) is 43.5 Å². The van der Waals surface area contributed by atoms with Crippen molar-refractivity contribution in [1.82, 2.24) is 4.98 Å². The molecule has 0 spiro atoms. The molecular weight excluding hydrogens is 226 g/mol. The van der Waals surface area contributed by atoms with Gasteiger partial charge in [0.05, 0.1) is 0 Å². The summed E-state index contributed by atoms with van der Waals surface area (Å²) in [4.78, 5) is 4.05. The Bertz CT molecular complexity index is 514. The number of nitrogens with two attached hydrogens (primary N) is 1. The van der Waals surface area contributed by atoms with Gasteiger partial charge in [-0.15, -0.1) is 0 Å². The molecule has 0 radical (unpaired) electrons. The van der Waals surface area contributed by atoms with E-state index in [1.54, 1.807) is 6.20 Å². The highest BCUT2D eigenvalue weighted by Crippen LogP contribution is 2.14. The van der Waals surface area contributed by atoms with E-state index in [-0.39, 0.29) is 0 Å². The molecule has 0 saturated carbocycles. The number of nitrogen functional groups attached to an aromatic ring is 1. The monoisotopic (exact) mass is 243 g/mol. The number of aryl methyl sites for hydroxylation is 1. The summed E-state index contributed by atoms with van der Waals surface area (Å²) in [7, 11) is 0. The van der Waals surface area contributed by atoms with Crippen molar-refractivity contribution in [2.24, 2.45) is 0 Å². The number of nitrogens with zero attached hydrogens (tertiary/aromatic N) is 1. The number of rotatable bonds is 5. The van der Waals surface area contributed by atoms with E-state index in [9.17, 15) is 0 Å². The summed E-state index contributed by atoms with van der Waals surface area (Å²) in [6.45, 7) is 3.35. The number of hydrogen-bond donors (Lipinski definition) is 2. The number of anilines is 2. The summed E-state index contributed by atoms with van der Waals surface area (Å²) < 4.78 is 5.59. The van der Waals surface area contributed by atoms with Crippen LogP contribution in [0.5, 0.6) is 5.75 Å². The Morgan fingerprint density at radius 1 is 1.33 bits per heavy atom. The highest BCUT2D eigenvalue weighted by molar-refractivity contribution is 5.48. The van der Waals surface area contributed by atoms with Gasteiger partial charge in [0, 0.05) is 36.4 Å². The molecule has 2 rings (SSSR count). The third-order valence-corrected chi connectivity index (χ3v) is 2.56. The second-order valence-corrected chi connectivity index (χ2v) is 4.04. The first-order valence-corrected chi connectivity index (χ1v) is 5.88. The summed E-state index contributed by atoms with van der Waals surface area (Å²) in [6.07, 6.45) is 3.61. The van der Waals surface area contributed by atoms with Crippen LogP contribution < -0.4 is 15.8 Å². The molecule has 0 unspecified atom stereocenters. The molecule has 0 aliphatic heterocycles. The summed E-state index contributed by atoms with van der Waals surface area (Å²) in [6, 6.07) is 9.39. The molecule has 0 aliphatic rings. The number of hydrogen-bond acceptors (Lipinski definition) is 4. The third kappa shape index (κ3) is 3.38. The molecule has 0 saturated heterocycles. The van der Waals surface area contributed by atoms with Gasteiger partial charge in [0.15, 0.2) is 0 Å². The number of nitrogens with one attached hydrogen (secondary N) is 1. The Kier molecular flexibility index (Phi) is 4.02. The lowest BCUT2D eigenvalue weighted by atomic mass is 10.2. The molecule has 1 aromatic heterocycles. The van der Waals surface area contributed by atoms with Gasteiger partial charge >= 0.3 is 0 Å². The SMILES string of the molecule is Cc1cnccc1NCCOc1cccc(N)c1. The van der Waals surface area contributed by atoms with Crippen molar-refractivity contribution < 1.29 is 4.74 Å². The van der Waals surface area contributed by atoms with Crippen LogP contribution in [0.3, 0.4) is 0 Å². The molecule has 1 aromatic carbocycles. The van der Waals surface area contributed by atoms with Gasteiger partial charge in [0.25, 0.3) is 0 Å². The Labute approximate surface area is 107 Å². The van der Waals surface area contributed by atoms with Gasteiger partial charge in [-0.3, -0.25) is 4.98 Å². The number of pyridine rings is 1. The molecule has 0 amide bonds. The van der Waals surface area contributed by atoms with Crippen LogP contribution in [0, 0.1) is 6.92 Å². The average molecular weight is 243 g/mol. The van der Waals surface area contributed by atoms with Crippen LogP contribution in [0.1, 0.15) is 5.56 Å². The van der Waals surface area contributed by atoms with Gasteiger partial charge in [-0.2, -0.15) is 0 Å². The Balaban J connectivity index is 1.78. The van der Waals surface area contributed by atoms with E-state index in [0.29, 0.717) is 12.3 Å².